The molecular weight excluding hydrogens is 242 g/mol. The second kappa shape index (κ2) is 6.53. The van der Waals surface area contributed by atoms with Crippen LogP contribution in [0, 0.1) is 5.92 Å². The maximum Gasteiger partial charge on any atom is 0.0961 e. The first-order chi connectivity index (χ1) is 9.36. The molecule has 0 aromatic heterocycles. The van der Waals surface area contributed by atoms with E-state index in [-0.39, 0.29) is 5.60 Å². The van der Waals surface area contributed by atoms with Crippen LogP contribution in [0.1, 0.15) is 38.5 Å². The summed E-state index contributed by atoms with van der Waals surface area (Å²) >= 11 is 0. The average Bonchev–Trinajstić information content (AvgIpc) is 2.88. The fourth-order valence-corrected chi connectivity index (χ4v) is 3.56. The lowest BCUT2D eigenvalue weighted by Gasteiger charge is -2.37. The molecule has 3 aliphatic heterocycles. The molecule has 3 atom stereocenters. The summed E-state index contributed by atoms with van der Waals surface area (Å²) < 4.78 is 17.5. The van der Waals surface area contributed by atoms with Gasteiger partial charge in [-0.15, -0.1) is 0 Å². The summed E-state index contributed by atoms with van der Waals surface area (Å²) in [5, 5.41) is 3.47. The van der Waals surface area contributed by atoms with Gasteiger partial charge < -0.3 is 19.5 Å². The van der Waals surface area contributed by atoms with Crippen LogP contribution in [-0.2, 0) is 14.2 Å². The molecule has 3 rings (SSSR count). The molecule has 0 amide bonds. The van der Waals surface area contributed by atoms with E-state index >= 15 is 0 Å². The second-order valence-corrected chi connectivity index (χ2v) is 6.32. The van der Waals surface area contributed by atoms with Gasteiger partial charge in [0.1, 0.15) is 0 Å². The third-order valence-corrected chi connectivity index (χ3v) is 4.79. The highest BCUT2D eigenvalue weighted by atomic mass is 16.6. The first kappa shape index (κ1) is 13.8. The minimum absolute atomic E-state index is 0.0185. The van der Waals surface area contributed by atoms with Crippen molar-refractivity contribution in [2.24, 2.45) is 5.92 Å². The molecule has 0 radical (unpaired) electrons. The Bertz CT molecular complexity index is 273. The second-order valence-electron chi connectivity index (χ2n) is 6.32. The van der Waals surface area contributed by atoms with Crippen LogP contribution in [0.2, 0.25) is 0 Å². The monoisotopic (exact) mass is 269 g/mol. The average molecular weight is 269 g/mol. The molecule has 0 aromatic carbocycles. The molecule has 0 aliphatic carbocycles. The van der Waals surface area contributed by atoms with Crippen LogP contribution in [0.5, 0.6) is 0 Å². The normalized spacial score (nSPS) is 39.8. The van der Waals surface area contributed by atoms with Gasteiger partial charge in [-0.1, -0.05) is 0 Å². The highest BCUT2D eigenvalue weighted by Gasteiger charge is 2.41. The van der Waals surface area contributed by atoms with Crippen molar-refractivity contribution in [3.05, 3.63) is 0 Å². The van der Waals surface area contributed by atoms with Gasteiger partial charge in [0.05, 0.1) is 18.3 Å². The summed E-state index contributed by atoms with van der Waals surface area (Å²) in [5.74, 6) is 0.817. The number of piperidine rings is 1. The van der Waals surface area contributed by atoms with E-state index in [9.17, 15) is 0 Å². The molecule has 0 aromatic rings. The smallest absolute Gasteiger partial charge is 0.0961 e. The van der Waals surface area contributed by atoms with Gasteiger partial charge >= 0.3 is 0 Å². The van der Waals surface area contributed by atoms with Gasteiger partial charge in [-0.3, -0.25) is 0 Å². The molecule has 3 heterocycles. The first-order valence-corrected chi connectivity index (χ1v) is 7.90. The van der Waals surface area contributed by atoms with E-state index in [1.165, 1.54) is 32.4 Å². The van der Waals surface area contributed by atoms with E-state index in [0.717, 1.165) is 51.6 Å². The molecule has 3 aliphatic rings. The molecule has 3 saturated heterocycles. The number of ether oxygens (including phenoxy) is 3. The summed E-state index contributed by atoms with van der Waals surface area (Å²) in [7, 11) is 0. The number of hydrogen-bond acceptors (Lipinski definition) is 4. The number of hydrogen-bond donors (Lipinski definition) is 1. The van der Waals surface area contributed by atoms with Crippen molar-refractivity contribution in [3.8, 4) is 0 Å². The highest BCUT2D eigenvalue weighted by molar-refractivity contribution is 4.90. The molecule has 0 saturated carbocycles. The van der Waals surface area contributed by atoms with E-state index in [1.54, 1.807) is 0 Å². The topological polar surface area (TPSA) is 39.7 Å². The Morgan fingerprint density at radius 2 is 2.26 bits per heavy atom. The van der Waals surface area contributed by atoms with Crippen LogP contribution in [0.15, 0.2) is 0 Å². The maximum atomic E-state index is 6.11. The molecule has 1 spiro atoms. The van der Waals surface area contributed by atoms with Crippen molar-refractivity contribution in [2.75, 3.05) is 39.5 Å². The molecule has 1 N–H and O–H groups in total. The van der Waals surface area contributed by atoms with Gasteiger partial charge in [0, 0.05) is 32.7 Å². The minimum atomic E-state index is -0.0185. The van der Waals surface area contributed by atoms with E-state index in [0.29, 0.717) is 6.10 Å². The van der Waals surface area contributed by atoms with Crippen LogP contribution >= 0.6 is 0 Å². The lowest BCUT2D eigenvalue weighted by atomic mass is 9.91. The lowest BCUT2D eigenvalue weighted by molar-refractivity contribution is -0.134. The fraction of sp³-hybridized carbons (Fsp3) is 1.00. The van der Waals surface area contributed by atoms with Gasteiger partial charge in [-0.25, -0.2) is 0 Å². The largest absolute Gasteiger partial charge is 0.378 e. The third kappa shape index (κ3) is 3.69. The van der Waals surface area contributed by atoms with Crippen molar-refractivity contribution in [3.63, 3.8) is 0 Å². The van der Waals surface area contributed by atoms with Crippen molar-refractivity contribution >= 4 is 0 Å². The van der Waals surface area contributed by atoms with E-state index in [2.05, 4.69) is 5.32 Å². The zero-order valence-electron chi connectivity index (χ0n) is 11.9. The third-order valence-electron chi connectivity index (χ3n) is 4.79. The van der Waals surface area contributed by atoms with Crippen LogP contribution in [0.3, 0.4) is 0 Å². The zero-order chi connectivity index (χ0) is 13.0. The van der Waals surface area contributed by atoms with Gasteiger partial charge in [0.2, 0.25) is 0 Å². The molecule has 110 valence electrons. The highest BCUT2D eigenvalue weighted by Crippen LogP contribution is 2.34. The Balaban J connectivity index is 1.37. The van der Waals surface area contributed by atoms with Crippen LogP contribution < -0.4 is 5.32 Å². The van der Waals surface area contributed by atoms with E-state index < -0.39 is 0 Å². The summed E-state index contributed by atoms with van der Waals surface area (Å²) in [5.41, 5.74) is -0.0185. The van der Waals surface area contributed by atoms with Gasteiger partial charge in [0.25, 0.3) is 0 Å². The Morgan fingerprint density at radius 1 is 1.26 bits per heavy atom. The Labute approximate surface area is 116 Å². The SMILES string of the molecule is C1CNCC(CCOC2CCOC3(CCOC3)C2)C1. The Hall–Kier alpha value is -0.160. The van der Waals surface area contributed by atoms with Crippen LogP contribution in [0.25, 0.3) is 0 Å². The summed E-state index contributed by atoms with van der Waals surface area (Å²) in [6.07, 6.45) is 7.38. The first-order valence-electron chi connectivity index (χ1n) is 7.90. The summed E-state index contributed by atoms with van der Waals surface area (Å²) in [6.45, 7) is 5.72. The molecule has 4 heteroatoms. The standard InChI is InChI=1S/C15H27NO3/c1-2-13(11-16-6-1)3-7-18-14-4-8-19-15(10-14)5-9-17-12-15/h13-14,16H,1-12H2. The lowest BCUT2D eigenvalue weighted by Crippen LogP contribution is -2.43. The van der Waals surface area contributed by atoms with Crippen molar-refractivity contribution in [2.45, 2.75) is 50.2 Å². The van der Waals surface area contributed by atoms with Crippen LogP contribution in [0.4, 0.5) is 0 Å². The van der Waals surface area contributed by atoms with Crippen molar-refractivity contribution in [1.82, 2.24) is 5.32 Å². The van der Waals surface area contributed by atoms with E-state index in [4.69, 9.17) is 14.2 Å². The Morgan fingerprint density at radius 3 is 3.05 bits per heavy atom. The predicted molar refractivity (Wildman–Crippen MR) is 73.3 cm³/mol. The maximum absolute atomic E-state index is 6.11. The molecular formula is C15H27NO3. The minimum Gasteiger partial charge on any atom is -0.378 e. The van der Waals surface area contributed by atoms with Gasteiger partial charge in [-0.05, 0) is 44.7 Å². The molecule has 19 heavy (non-hydrogen) atoms. The molecule has 3 fully saturated rings. The molecule has 3 unspecified atom stereocenters. The molecule has 4 nitrogen and oxygen atoms in total. The van der Waals surface area contributed by atoms with Crippen molar-refractivity contribution in [1.29, 1.82) is 0 Å². The fourth-order valence-electron chi connectivity index (χ4n) is 3.56. The number of nitrogens with one attached hydrogen (secondary N) is 1. The zero-order valence-corrected chi connectivity index (χ0v) is 11.9. The predicted octanol–water partition coefficient (Wildman–Crippen LogP) is 1.73. The summed E-state index contributed by atoms with van der Waals surface area (Å²) in [4.78, 5) is 0. The number of rotatable bonds is 4. The van der Waals surface area contributed by atoms with Gasteiger partial charge in [0.15, 0.2) is 0 Å². The summed E-state index contributed by atoms with van der Waals surface area (Å²) in [6, 6.07) is 0. The van der Waals surface area contributed by atoms with Crippen LogP contribution in [-0.4, -0.2) is 51.2 Å². The van der Waals surface area contributed by atoms with Crippen molar-refractivity contribution < 1.29 is 14.2 Å². The van der Waals surface area contributed by atoms with Gasteiger partial charge in [-0.2, -0.15) is 0 Å². The molecule has 0 bridgehead atoms. The Kier molecular flexibility index (Phi) is 4.74. The quantitative estimate of drug-likeness (QED) is 0.844. The van der Waals surface area contributed by atoms with E-state index in [1.807, 2.05) is 0 Å².